The summed E-state index contributed by atoms with van der Waals surface area (Å²) in [6, 6.07) is 5.22. The Kier molecular flexibility index (Phi) is 4.08. The first kappa shape index (κ1) is 12.5. The molecule has 0 aliphatic heterocycles. The van der Waals surface area contributed by atoms with Crippen LogP contribution < -0.4 is 5.32 Å². The lowest BCUT2D eigenvalue weighted by atomic mass is 9.93. The van der Waals surface area contributed by atoms with Crippen molar-refractivity contribution in [2.45, 2.75) is 19.3 Å². The zero-order valence-electron chi connectivity index (χ0n) is 9.25. The monoisotopic (exact) mass is 269 g/mol. The second-order valence-electron chi connectivity index (χ2n) is 4.07. The third-order valence-corrected chi connectivity index (χ3v) is 3.67. The molecule has 90 valence electrons. The summed E-state index contributed by atoms with van der Waals surface area (Å²) in [7, 11) is 0. The van der Waals surface area contributed by atoms with Crippen LogP contribution in [0.1, 0.15) is 19.3 Å². The zero-order chi connectivity index (χ0) is 12.3. The molecule has 0 bridgehead atoms. The van der Waals surface area contributed by atoms with Crippen molar-refractivity contribution in [1.82, 2.24) is 0 Å². The molecule has 0 radical (unpaired) electrons. The third kappa shape index (κ3) is 3.02. The molecule has 1 aliphatic carbocycles. The van der Waals surface area contributed by atoms with Crippen LogP contribution >= 0.6 is 23.2 Å². The van der Waals surface area contributed by atoms with E-state index in [1.165, 1.54) is 0 Å². The summed E-state index contributed by atoms with van der Waals surface area (Å²) in [6.45, 7) is 0. The second kappa shape index (κ2) is 5.56. The van der Waals surface area contributed by atoms with Gasteiger partial charge in [-0.1, -0.05) is 41.4 Å². The van der Waals surface area contributed by atoms with Gasteiger partial charge in [0.2, 0.25) is 5.91 Å². The van der Waals surface area contributed by atoms with Crippen molar-refractivity contribution in [1.29, 1.82) is 0 Å². The number of carbonyl (C=O) groups is 1. The summed E-state index contributed by atoms with van der Waals surface area (Å²) < 4.78 is 0. The molecule has 0 fully saturated rings. The maximum absolute atomic E-state index is 12.0. The number of anilines is 1. The number of hydrogen-bond donors (Lipinski definition) is 1. The van der Waals surface area contributed by atoms with Gasteiger partial charge in [0, 0.05) is 5.92 Å². The van der Waals surface area contributed by atoms with Crippen molar-refractivity contribution in [3.63, 3.8) is 0 Å². The van der Waals surface area contributed by atoms with E-state index in [0.29, 0.717) is 15.7 Å². The molecule has 1 atom stereocenters. The van der Waals surface area contributed by atoms with Crippen molar-refractivity contribution in [2.24, 2.45) is 5.92 Å². The number of hydrogen-bond acceptors (Lipinski definition) is 1. The van der Waals surface area contributed by atoms with Crippen LogP contribution in [0, 0.1) is 5.92 Å². The Morgan fingerprint density at radius 2 is 2.12 bits per heavy atom. The maximum atomic E-state index is 12.0. The van der Waals surface area contributed by atoms with Crippen molar-refractivity contribution in [3.8, 4) is 0 Å². The quantitative estimate of drug-likeness (QED) is 0.798. The highest BCUT2D eigenvalue weighted by Crippen LogP contribution is 2.30. The number of rotatable bonds is 2. The fourth-order valence-corrected chi connectivity index (χ4v) is 2.21. The number of allylic oxidation sites excluding steroid dienone is 2. The van der Waals surface area contributed by atoms with Gasteiger partial charge in [-0.05, 0) is 31.4 Å². The average molecular weight is 270 g/mol. The van der Waals surface area contributed by atoms with Crippen molar-refractivity contribution < 1.29 is 4.79 Å². The minimum absolute atomic E-state index is 0.0125. The van der Waals surface area contributed by atoms with Crippen LogP contribution in [0.3, 0.4) is 0 Å². The molecule has 0 heterocycles. The Balaban J connectivity index is 2.07. The molecule has 1 unspecified atom stereocenters. The minimum Gasteiger partial charge on any atom is -0.324 e. The summed E-state index contributed by atoms with van der Waals surface area (Å²) in [4.78, 5) is 12.0. The van der Waals surface area contributed by atoms with E-state index in [0.717, 1.165) is 19.3 Å². The summed E-state index contributed by atoms with van der Waals surface area (Å²) in [5.74, 6) is 0.0496. The van der Waals surface area contributed by atoms with Gasteiger partial charge in [-0.15, -0.1) is 0 Å². The molecular weight excluding hydrogens is 257 g/mol. The van der Waals surface area contributed by atoms with E-state index in [2.05, 4.69) is 11.4 Å². The molecule has 1 aromatic rings. The predicted molar refractivity (Wildman–Crippen MR) is 71.6 cm³/mol. The largest absolute Gasteiger partial charge is 0.324 e. The number of halogens is 2. The van der Waals surface area contributed by atoms with Crippen LogP contribution in [0.25, 0.3) is 0 Å². The molecule has 0 saturated heterocycles. The van der Waals surface area contributed by atoms with Gasteiger partial charge in [0.1, 0.15) is 0 Å². The van der Waals surface area contributed by atoms with Gasteiger partial charge in [0.05, 0.1) is 15.7 Å². The van der Waals surface area contributed by atoms with Gasteiger partial charge >= 0.3 is 0 Å². The predicted octanol–water partition coefficient (Wildman–Crippen LogP) is 4.29. The molecule has 0 aromatic heterocycles. The van der Waals surface area contributed by atoms with Crippen LogP contribution in [0.4, 0.5) is 5.69 Å². The molecule has 2 rings (SSSR count). The van der Waals surface area contributed by atoms with E-state index in [1.807, 2.05) is 6.08 Å². The molecule has 1 amide bonds. The SMILES string of the molecule is O=C(Nc1cccc(Cl)c1Cl)C1CC=CCC1. The zero-order valence-corrected chi connectivity index (χ0v) is 10.8. The molecule has 0 spiro atoms. The van der Waals surface area contributed by atoms with E-state index < -0.39 is 0 Å². The van der Waals surface area contributed by atoms with E-state index in [9.17, 15) is 4.79 Å². The molecule has 2 nitrogen and oxygen atoms in total. The van der Waals surface area contributed by atoms with Crippen molar-refractivity contribution in [3.05, 3.63) is 40.4 Å². The standard InChI is InChI=1S/C13H13Cl2NO/c14-10-7-4-8-11(12(10)15)16-13(17)9-5-2-1-3-6-9/h1-2,4,7-9H,3,5-6H2,(H,16,17). The third-order valence-electron chi connectivity index (χ3n) is 2.85. The Morgan fingerprint density at radius 1 is 1.29 bits per heavy atom. The normalized spacial score (nSPS) is 19.1. The fourth-order valence-electron chi connectivity index (χ4n) is 1.87. The van der Waals surface area contributed by atoms with Crippen LogP contribution in [0.5, 0.6) is 0 Å². The first-order valence-corrected chi connectivity index (χ1v) is 6.34. The van der Waals surface area contributed by atoms with Crippen molar-refractivity contribution in [2.75, 3.05) is 5.32 Å². The highest BCUT2D eigenvalue weighted by Gasteiger charge is 2.19. The molecule has 1 aliphatic rings. The van der Waals surface area contributed by atoms with Gasteiger partial charge in [-0.2, -0.15) is 0 Å². The molecule has 17 heavy (non-hydrogen) atoms. The Bertz CT molecular complexity index is 457. The summed E-state index contributed by atoms with van der Waals surface area (Å²) >= 11 is 11.9. The molecule has 0 saturated carbocycles. The molecule has 1 aromatic carbocycles. The van der Waals surface area contributed by atoms with Crippen LogP contribution in [0.2, 0.25) is 10.0 Å². The van der Waals surface area contributed by atoms with Crippen LogP contribution in [0.15, 0.2) is 30.4 Å². The maximum Gasteiger partial charge on any atom is 0.227 e. The summed E-state index contributed by atoms with van der Waals surface area (Å²) in [5, 5.41) is 3.68. The molecule has 4 heteroatoms. The minimum atomic E-state index is 0.0125. The van der Waals surface area contributed by atoms with E-state index in [-0.39, 0.29) is 11.8 Å². The van der Waals surface area contributed by atoms with Crippen LogP contribution in [-0.2, 0) is 4.79 Å². The molecule has 1 N–H and O–H groups in total. The van der Waals surface area contributed by atoms with Gasteiger partial charge in [-0.25, -0.2) is 0 Å². The lowest BCUT2D eigenvalue weighted by molar-refractivity contribution is -0.120. The van der Waals surface area contributed by atoms with Gasteiger partial charge in [0.15, 0.2) is 0 Å². The topological polar surface area (TPSA) is 29.1 Å². The van der Waals surface area contributed by atoms with Crippen LogP contribution in [-0.4, -0.2) is 5.91 Å². The smallest absolute Gasteiger partial charge is 0.227 e. The van der Waals surface area contributed by atoms with Gasteiger partial charge < -0.3 is 5.32 Å². The highest BCUT2D eigenvalue weighted by molar-refractivity contribution is 6.43. The number of amides is 1. The molecular formula is C13H13Cl2NO. The Hall–Kier alpha value is -0.990. The number of benzene rings is 1. The average Bonchev–Trinajstić information content (AvgIpc) is 2.36. The second-order valence-corrected chi connectivity index (χ2v) is 4.86. The first-order chi connectivity index (χ1) is 8.18. The first-order valence-electron chi connectivity index (χ1n) is 5.58. The van der Waals surface area contributed by atoms with Gasteiger partial charge in [-0.3, -0.25) is 4.79 Å². The van der Waals surface area contributed by atoms with Crippen molar-refractivity contribution >= 4 is 34.8 Å². The highest BCUT2D eigenvalue weighted by atomic mass is 35.5. The lowest BCUT2D eigenvalue weighted by Crippen LogP contribution is -2.23. The van der Waals surface area contributed by atoms with Gasteiger partial charge in [0.25, 0.3) is 0 Å². The van der Waals surface area contributed by atoms with E-state index in [4.69, 9.17) is 23.2 Å². The Labute approximate surface area is 111 Å². The fraction of sp³-hybridized carbons (Fsp3) is 0.308. The van der Waals surface area contributed by atoms with E-state index in [1.54, 1.807) is 18.2 Å². The lowest BCUT2D eigenvalue weighted by Gasteiger charge is -2.17. The van der Waals surface area contributed by atoms with E-state index >= 15 is 0 Å². The Morgan fingerprint density at radius 3 is 2.82 bits per heavy atom. The summed E-state index contributed by atoms with van der Waals surface area (Å²) in [5.41, 5.74) is 0.582. The number of carbonyl (C=O) groups excluding carboxylic acids is 1. The summed E-state index contributed by atoms with van der Waals surface area (Å²) in [6.07, 6.45) is 6.80. The number of nitrogens with one attached hydrogen (secondary N) is 1.